The molecule has 0 aliphatic carbocycles. The van der Waals surface area contributed by atoms with Crippen LogP contribution in [0.4, 0.5) is 0 Å². The van der Waals surface area contributed by atoms with Crippen molar-refractivity contribution in [3.05, 3.63) is 105 Å². The summed E-state index contributed by atoms with van der Waals surface area (Å²) in [5, 5.41) is 0.856. The van der Waals surface area contributed by atoms with Crippen LogP contribution in [0.3, 0.4) is 0 Å². The molecule has 7 nitrogen and oxygen atoms in total. The van der Waals surface area contributed by atoms with Crippen molar-refractivity contribution >= 4 is 28.7 Å². The number of hydrogen-bond donors (Lipinski definition) is 1. The van der Waals surface area contributed by atoms with Gasteiger partial charge in [0.25, 0.3) is 5.56 Å². The predicted octanol–water partition coefficient (Wildman–Crippen LogP) is 4.90. The number of ketones is 1. The lowest BCUT2D eigenvalue weighted by Crippen LogP contribution is -2.26. The number of allylic oxidation sites excluding steroid dienone is 1. The second-order valence-electron chi connectivity index (χ2n) is 8.89. The molecule has 0 radical (unpaired) electrons. The van der Waals surface area contributed by atoms with Gasteiger partial charge in [0.2, 0.25) is 5.78 Å². The first-order chi connectivity index (χ1) is 17.4. The summed E-state index contributed by atoms with van der Waals surface area (Å²) in [6.45, 7) is 1.92. The zero-order valence-electron chi connectivity index (χ0n) is 19.6. The molecule has 4 aromatic rings. The second-order valence-corrected chi connectivity index (χ2v) is 8.89. The number of ether oxygens (including phenoxy) is 3. The fourth-order valence-electron chi connectivity index (χ4n) is 4.88. The van der Waals surface area contributed by atoms with Gasteiger partial charge in [-0.15, -0.1) is 0 Å². The van der Waals surface area contributed by atoms with E-state index in [9.17, 15) is 14.4 Å². The number of carbonyl (C=O) groups is 2. The highest BCUT2D eigenvalue weighted by atomic mass is 16.5. The molecule has 0 amide bonds. The quantitative estimate of drug-likeness (QED) is 0.255. The molecule has 36 heavy (non-hydrogen) atoms. The van der Waals surface area contributed by atoms with Crippen LogP contribution in [0.2, 0.25) is 0 Å². The number of pyridine rings is 1. The minimum Gasteiger partial charge on any atom is -0.497 e. The maximum atomic E-state index is 13.2. The van der Waals surface area contributed by atoms with Crippen molar-refractivity contribution in [2.75, 3.05) is 7.11 Å². The molecule has 1 N–H and O–H groups in total. The summed E-state index contributed by atoms with van der Waals surface area (Å²) in [7, 11) is 1.59. The van der Waals surface area contributed by atoms with Gasteiger partial charge in [-0.2, -0.15) is 0 Å². The van der Waals surface area contributed by atoms with Gasteiger partial charge in [0.1, 0.15) is 17.2 Å². The van der Waals surface area contributed by atoms with Gasteiger partial charge < -0.3 is 19.2 Å². The SMILES string of the molecule is COc1ccc(/C=C2/Oc3c(ccc4c3C(c3cc5cccc(C)c5[nH]c3=O)CC(=O)O4)C2=O)cc1. The summed E-state index contributed by atoms with van der Waals surface area (Å²) in [6.07, 6.45) is 1.61. The molecular weight excluding hydrogens is 458 g/mol. The Balaban J connectivity index is 1.48. The molecule has 1 unspecified atom stereocenters. The Hall–Kier alpha value is -4.65. The Bertz CT molecular complexity index is 1660. The summed E-state index contributed by atoms with van der Waals surface area (Å²) in [6, 6.07) is 18.0. The van der Waals surface area contributed by atoms with Crippen LogP contribution in [-0.2, 0) is 4.79 Å². The lowest BCUT2D eigenvalue weighted by atomic mass is 9.84. The normalized spacial score (nSPS) is 17.5. The van der Waals surface area contributed by atoms with Crippen LogP contribution in [-0.4, -0.2) is 23.8 Å². The van der Waals surface area contributed by atoms with E-state index in [1.807, 2.05) is 37.3 Å². The number of Topliss-reactive ketones (excluding diaryl/α,β-unsaturated/α-hetero) is 1. The topological polar surface area (TPSA) is 94.7 Å². The Morgan fingerprint density at radius 2 is 1.81 bits per heavy atom. The number of para-hydroxylation sites is 1. The summed E-state index contributed by atoms with van der Waals surface area (Å²) in [4.78, 5) is 41.8. The first-order valence-corrected chi connectivity index (χ1v) is 11.5. The zero-order chi connectivity index (χ0) is 25.0. The van der Waals surface area contributed by atoms with Gasteiger partial charge >= 0.3 is 5.97 Å². The molecule has 2 aliphatic heterocycles. The van der Waals surface area contributed by atoms with E-state index in [1.165, 1.54) is 0 Å². The number of carbonyl (C=O) groups excluding carboxylic acids is 2. The van der Waals surface area contributed by atoms with Crippen LogP contribution in [0.15, 0.2) is 71.2 Å². The number of aromatic amines is 1. The lowest BCUT2D eigenvalue weighted by molar-refractivity contribution is -0.135. The summed E-state index contributed by atoms with van der Waals surface area (Å²) in [5.74, 6) is 0.112. The van der Waals surface area contributed by atoms with Crippen LogP contribution in [0.25, 0.3) is 17.0 Å². The van der Waals surface area contributed by atoms with E-state index in [-0.39, 0.29) is 29.3 Å². The predicted molar refractivity (Wildman–Crippen MR) is 134 cm³/mol. The monoisotopic (exact) mass is 479 g/mol. The average molecular weight is 479 g/mol. The van der Waals surface area contributed by atoms with E-state index in [1.54, 1.807) is 43.5 Å². The minimum absolute atomic E-state index is 0.0427. The maximum Gasteiger partial charge on any atom is 0.312 e. The number of H-pyrrole nitrogens is 1. The molecule has 6 rings (SSSR count). The van der Waals surface area contributed by atoms with Crippen molar-refractivity contribution in [3.63, 3.8) is 0 Å². The highest BCUT2D eigenvalue weighted by Gasteiger charge is 2.39. The molecule has 0 bridgehead atoms. The van der Waals surface area contributed by atoms with Crippen molar-refractivity contribution < 1.29 is 23.8 Å². The molecule has 0 saturated heterocycles. The van der Waals surface area contributed by atoms with Gasteiger partial charge in [0.05, 0.1) is 24.6 Å². The third-order valence-corrected chi connectivity index (χ3v) is 6.69. The number of aromatic nitrogens is 1. The molecule has 0 spiro atoms. The fraction of sp³-hybridized carbons (Fsp3) is 0.138. The Morgan fingerprint density at radius 3 is 2.58 bits per heavy atom. The van der Waals surface area contributed by atoms with E-state index in [2.05, 4.69) is 4.98 Å². The van der Waals surface area contributed by atoms with Gasteiger partial charge in [-0.3, -0.25) is 14.4 Å². The van der Waals surface area contributed by atoms with Crippen molar-refractivity contribution in [1.82, 2.24) is 4.98 Å². The first kappa shape index (κ1) is 21.9. The highest BCUT2D eigenvalue weighted by molar-refractivity contribution is 6.15. The van der Waals surface area contributed by atoms with Gasteiger partial charge in [-0.25, -0.2) is 0 Å². The molecule has 178 valence electrons. The van der Waals surface area contributed by atoms with Crippen molar-refractivity contribution in [1.29, 1.82) is 0 Å². The molecule has 7 heteroatoms. The zero-order valence-corrected chi connectivity index (χ0v) is 19.6. The van der Waals surface area contributed by atoms with Crippen LogP contribution in [0.5, 0.6) is 17.2 Å². The van der Waals surface area contributed by atoms with Gasteiger partial charge in [0.15, 0.2) is 5.76 Å². The molecule has 3 aromatic carbocycles. The number of nitrogens with one attached hydrogen (secondary N) is 1. The van der Waals surface area contributed by atoms with Crippen molar-refractivity contribution in [2.24, 2.45) is 0 Å². The van der Waals surface area contributed by atoms with E-state index in [0.717, 1.165) is 22.0 Å². The summed E-state index contributed by atoms with van der Waals surface area (Å²) < 4.78 is 16.8. The van der Waals surface area contributed by atoms with E-state index >= 15 is 0 Å². The molecular formula is C29H21NO6. The molecule has 3 heterocycles. The third-order valence-electron chi connectivity index (χ3n) is 6.69. The highest BCUT2D eigenvalue weighted by Crippen LogP contribution is 2.48. The molecule has 1 aromatic heterocycles. The molecule has 1 atom stereocenters. The maximum absolute atomic E-state index is 13.2. The van der Waals surface area contributed by atoms with Gasteiger partial charge in [-0.05, 0) is 59.8 Å². The molecule has 0 fully saturated rings. The van der Waals surface area contributed by atoms with Crippen molar-refractivity contribution in [2.45, 2.75) is 19.3 Å². The molecule has 2 aliphatic rings. The number of esters is 1. The van der Waals surface area contributed by atoms with Crippen molar-refractivity contribution in [3.8, 4) is 17.2 Å². The average Bonchev–Trinajstić information content (AvgIpc) is 3.19. The third kappa shape index (κ3) is 3.48. The van der Waals surface area contributed by atoms with Crippen LogP contribution in [0, 0.1) is 6.92 Å². The molecule has 0 saturated carbocycles. The summed E-state index contributed by atoms with van der Waals surface area (Å²) >= 11 is 0. The fourth-order valence-corrected chi connectivity index (χ4v) is 4.88. The second kappa shape index (κ2) is 8.23. The number of benzene rings is 3. The Labute approximate surface area is 205 Å². The minimum atomic E-state index is -0.627. The van der Waals surface area contributed by atoms with Crippen LogP contribution < -0.4 is 19.8 Å². The van der Waals surface area contributed by atoms with E-state index in [4.69, 9.17) is 14.2 Å². The largest absolute Gasteiger partial charge is 0.497 e. The van der Waals surface area contributed by atoms with Gasteiger partial charge in [0, 0.05) is 17.0 Å². The first-order valence-electron chi connectivity index (χ1n) is 11.5. The number of methoxy groups -OCH3 is 1. The Morgan fingerprint density at radius 1 is 1.00 bits per heavy atom. The number of aryl methyl sites for hydroxylation is 1. The number of hydrogen-bond acceptors (Lipinski definition) is 6. The number of fused-ring (bicyclic) bond motifs is 4. The van der Waals surface area contributed by atoms with E-state index in [0.29, 0.717) is 28.2 Å². The lowest BCUT2D eigenvalue weighted by Gasteiger charge is -2.26. The smallest absolute Gasteiger partial charge is 0.312 e. The van der Waals surface area contributed by atoms with Gasteiger partial charge in [-0.1, -0.05) is 30.3 Å². The van der Waals surface area contributed by atoms with E-state index < -0.39 is 11.9 Å². The number of rotatable bonds is 3. The Kier molecular flexibility index (Phi) is 5.00. The summed E-state index contributed by atoms with van der Waals surface area (Å²) in [5.41, 5.74) is 3.48. The standard InChI is InChI=1S/C29H21NO6/c1-15-4-3-5-17-13-21(29(33)30-26(15)17)20-14-24(31)35-22-11-10-19-27(32)23(36-28(19)25(20)22)12-16-6-8-18(34-2)9-7-16/h3-13,20H,14H2,1-2H3,(H,30,33)/b23-12+. The van der Waals surface area contributed by atoms with Crippen LogP contribution in [0.1, 0.15) is 45.0 Å². The van der Waals surface area contributed by atoms with Crippen LogP contribution >= 0.6 is 0 Å².